The van der Waals surface area contributed by atoms with Crippen LogP contribution in [0.2, 0.25) is 0 Å². The fourth-order valence-corrected chi connectivity index (χ4v) is 5.74. The van der Waals surface area contributed by atoms with E-state index in [1.807, 2.05) is 19.9 Å². The topological polar surface area (TPSA) is 81.2 Å². The highest BCUT2D eigenvalue weighted by Gasteiger charge is 2.31. The Balaban J connectivity index is 1.50. The van der Waals surface area contributed by atoms with Gasteiger partial charge in [-0.2, -0.15) is 0 Å². The van der Waals surface area contributed by atoms with E-state index in [9.17, 15) is 8.42 Å². The van der Waals surface area contributed by atoms with Crippen LogP contribution >= 0.6 is 0 Å². The molecule has 0 radical (unpaired) electrons. The van der Waals surface area contributed by atoms with Gasteiger partial charge >= 0.3 is 6.01 Å². The van der Waals surface area contributed by atoms with Crippen LogP contribution < -0.4 is 9.46 Å². The van der Waals surface area contributed by atoms with Crippen molar-refractivity contribution in [3.05, 3.63) is 17.5 Å². The van der Waals surface area contributed by atoms with Crippen molar-refractivity contribution in [2.75, 3.05) is 0 Å². The molecule has 2 aliphatic carbocycles. The summed E-state index contributed by atoms with van der Waals surface area (Å²) in [6, 6.07) is 2.39. The van der Waals surface area contributed by atoms with Crippen LogP contribution in [0.3, 0.4) is 0 Å². The van der Waals surface area contributed by atoms with Crippen LogP contribution in [-0.2, 0) is 10.0 Å². The molecule has 0 unspecified atom stereocenters. The largest absolute Gasteiger partial charge is 0.460 e. The Morgan fingerprint density at radius 2 is 1.56 bits per heavy atom. The minimum absolute atomic E-state index is 0.0342. The monoisotopic (exact) mass is 367 g/mol. The summed E-state index contributed by atoms with van der Waals surface area (Å²) in [5.74, 6) is 0. The lowest BCUT2D eigenvalue weighted by Gasteiger charge is -2.31. The summed E-state index contributed by atoms with van der Waals surface area (Å²) in [6.07, 6.45) is 8.16. The molecule has 6 nitrogen and oxygen atoms in total. The van der Waals surface area contributed by atoms with Gasteiger partial charge in [0.25, 0.3) is 0 Å². The zero-order chi connectivity index (χ0) is 17.9. The molecular weight excluding hydrogens is 338 g/mol. The van der Waals surface area contributed by atoms with E-state index in [0.29, 0.717) is 6.01 Å². The van der Waals surface area contributed by atoms with Crippen molar-refractivity contribution in [2.24, 2.45) is 0 Å². The standard InChI is InChI=1S/C18H29N3O3S/c1-13-12-14(2)20-18(19-13)24-16-10-8-15(9-11-16)21-25(22,23)17-6-4-3-5-7-17/h12,15-17,21H,3-11H2,1-2H3. The molecule has 0 bridgehead atoms. The van der Waals surface area contributed by atoms with Gasteiger partial charge < -0.3 is 4.74 Å². The fraction of sp³-hybridized carbons (Fsp3) is 0.778. The Kier molecular flexibility index (Phi) is 5.94. The van der Waals surface area contributed by atoms with Crippen LogP contribution in [0.1, 0.15) is 69.2 Å². The van der Waals surface area contributed by atoms with Gasteiger partial charge in [-0.1, -0.05) is 19.3 Å². The SMILES string of the molecule is Cc1cc(C)nc(OC2CCC(NS(=O)(=O)C3CCCCC3)CC2)n1. The molecule has 1 heterocycles. The molecule has 1 aromatic rings. The number of aromatic nitrogens is 2. The molecule has 7 heteroatoms. The van der Waals surface area contributed by atoms with Gasteiger partial charge in [0.1, 0.15) is 6.10 Å². The van der Waals surface area contributed by atoms with Crippen LogP contribution in [0, 0.1) is 13.8 Å². The molecular formula is C18H29N3O3S. The number of aryl methyl sites for hydroxylation is 2. The molecule has 1 aromatic heterocycles. The molecule has 0 spiro atoms. The smallest absolute Gasteiger partial charge is 0.317 e. The Labute approximate surface area is 150 Å². The summed E-state index contributed by atoms with van der Waals surface area (Å²) in [5, 5.41) is -0.195. The van der Waals surface area contributed by atoms with E-state index in [0.717, 1.165) is 69.2 Å². The number of nitrogens with one attached hydrogen (secondary N) is 1. The highest BCUT2D eigenvalue weighted by atomic mass is 32.2. The van der Waals surface area contributed by atoms with E-state index >= 15 is 0 Å². The lowest BCUT2D eigenvalue weighted by Crippen LogP contribution is -2.44. The normalized spacial score (nSPS) is 25.7. The van der Waals surface area contributed by atoms with E-state index in [1.54, 1.807) is 0 Å². The van der Waals surface area contributed by atoms with E-state index in [4.69, 9.17) is 4.74 Å². The molecule has 0 aromatic carbocycles. The highest BCUT2D eigenvalue weighted by Crippen LogP contribution is 2.26. The van der Waals surface area contributed by atoms with Gasteiger partial charge in [0.2, 0.25) is 10.0 Å². The van der Waals surface area contributed by atoms with Gasteiger partial charge in [0.05, 0.1) is 5.25 Å². The third kappa shape index (κ3) is 5.14. The lowest BCUT2D eigenvalue weighted by molar-refractivity contribution is 0.131. The van der Waals surface area contributed by atoms with Crippen molar-refractivity contribution < 1.29 is 13.2 Å². The number of ether oxygens (including phenoxy) is 1. The summed E-state index contributed by atoms with van der Waals surface area (Å²) in [5.41, 5.74) is 1.80. The van der Waals surface area contributed by atoms with Crippen molar-refractivity contribution in [3.8, 4) is 6.01 Å². The molecule has 0 amide bonds. The maximum atomic E-state index is 12.5. The van der Waals surface area contributed by atoms with Gasteiger partial charge in [0.15, 0.2) is 0 Å². The summed E-state index contributed by atoms with van der Waals surface area (Å²) in [4.78, 5) is 8.65. The minimum atomic E-state index is -3.19. The molecule has 0 atom stereocenters. The second-order valence-electron chi connectivity index (χ2n) is 7.45. The third-order valence-corrected chi connectivity index (χ3v) is 7.24. The summed E-state index contributed by atoms with van der Waals surface area (Å²) in [7, 11) is -3.19. The van der Waals surface area contributed by atoms with Gasteiger partial charge in [-0.25, -0.2) is 23.1 Å². The quantitative estimate of drug-likeness (QED) is 0.865. The summed E-state index contributed by atoms with van der Waals surface area (Å²) >= 11 is 0. The maximum absolute atomic E-state index is 12.5. The van der Waals surface area contributed by atoms with Crippen molar-refractivity contribution in [3.63, 3.8) is 0 Å². The Morgan fingerprint density at radius 1 is 0.960 bits per heavy atom. The Morgan fingerprint density at radius 3 is 2.16 bits per heavy atom. The van der Waals surface area contributed by atoms with Gasteiger partial charge in [-0.3, -0.25) is 0 Å². The summed E-state index contributed by atoms with van der Waals surface area (Å²) < 4.78 is 33.9. The van der Waals surface area contributed by atoms with Gasteiger partial charge in [0, 0.05) is 17.4 Å². The number of hydrogen-bond acceptors (Lipinski definition) is 5. The predicted octanol–water partition coefficient (Wildman–Crippen LogP) is 3.04. The second-order valence-corrected chi connectivity index (χ2v) is 9.44. The van der Waals surface area contributed by atoms with E-state index in [2.05, 4.69) is 14.7 Å². The zero-order valence-electron chi connectivity index (χ0n) is 15.2. The number of hydrogen-bond donors (Lipinski definition) is 1. The molecule has 0 aliphatic heterocycles. The van der Waals surface area contributed by atoms with Crippen LogP contribution in [0.5, 0.6) is 6.01 Å². The van der Waals surface area contributed by atoms with Crippen LogP contribution in [0.25, 0.3) is 0 Å². The molecule has 2 saturated carbocycles. The summed E-state index contributed by atoms with van der Waals surface area (Å²) in [6.45, 7) is 3.86. The van der Waals surface area contributed by atoms with Gasteiger partial charge in [-0.15, -0.1) is 0 Å². The van der Waals surface area contributed by atoms with Crippen molar-refractivity contribution in [1.29, 1.82) is 0 Å². The maximum Gasteiger partial charge on any atom is 0.317 e. The molecule has 25 heavy (non-hydrogen) atoms. The first-order chi connectivity index (χ1) is 11.9. The lowest BCUT2D eigenvalue weighted by atomic mass is 9.94. The van der Waals surface area contributed by atoms with E-state index in [-0.39, 0.29) is 17.4 Å². The fourth-order valence-electron chi connectivity index (χ4n) is 3.90. The Bertz CT molecular complexity index is 659. The third-order valence-electron chi connectivity index (χ3n) is 5.23. The molecule has 1 N–H and O–H groups in total. The second kappa shape index (κ2) is 7.99. The zero-order valence-corrected chi connectivity index (χ0v) is 16.0. The Hall–Kier alpha value is -1.21. The first kappa shape index (κ1) is 18.6. The van der Waals surface area contributed by atoms with E-state index < -0.39 is 10.0 Å². The first-order valence-electron chi connectivity index (χ1n) is 9.42. The van der Waals surface area contributed by atoms with Crippen molar-refractivity contribution in [2.45, 2.75) is 89.0 Å². The predicted molar refractivity (Wildman–Crippen MR) is 97.1 cm³/mol. The van der Waals surface area contributed by atoms with Gasteiger partial charge in [-0.05, 0) is 58.4 Å². The molecule has 0 saturated heterocycles. The van der Waals surface area contributed by atoms with Crippen molar-refractivity contribution in [1.82, 2.24) is 14.7 Å². The number of sulfonamides is 1. The van der Waals surface area contributed by atoms with Crippen LogP contribution in [0.15, 0.2) is 6.07 Å². The molecule has 2 aliphatic rings. The average molecular weight is 368 g/mol. The minimum Gasteiger partial charge on any atom is -0.460 e. The first-order valence-corrected chi connectivity index (χ1v) is 11.0. The number of nitrogens with zero attached hydrogens (tertiary/aromatic N) is 2. The van der Waals surface area contributed by atoms with Crippen LogP contribution in [-0.4, -0.2) is 35.8 Å². The van der Waals surface area contributed by atoms with E-state index in [1.165, 1.54) is 0 Å². The van der Waals surface area contributed by atoms with Crippen molar-refractivity contribution >= 4 is 10.0 Å². The highest BCUT2D eigenvalue weighted by molar-refractivity contribution is 7.90. The molecule has 140 valence electrons. The average Bonchev–Trinajstić information content (AvgIpc) is 2.56. The number of rotatable bonds is 5. The molecule has 3 rings (SSSR count). The van der Waals surface area contributed by atoms with Crippen LogP contribution in [0.4, 0.5) is 0 Å². The molecule has 2 fully saturated rings.